The van der Waals surface area contributed by atoms with Gasteiger partial charge in [-0.3, -0.25) is 9.36 Å². The number of methoxy groups -OCH3 is 2. The number of carbonyl (C=O) groups is 1. The van der Waals surface area contributed by atoms with E-state index in [0.29, 0.717) is 37.1 Å². The van der Waals surface area contributed by atoms with Crippen LogP contribution in [0.25, 0.3) is 6.08 Å². The fourth-order valence-corrected chi connectivity index (χ4v) is 5.94. The highest BCUT2D eigenvalue weighted by Crippen LogP contribution is 2.34. The van der Waals surface area contributed by atoms with Gasteiger partial charge in [-0.1, -0.05) is 35.1 Å². The Hall–Kier alpha value is -2.63. The highest BCUT2D eigenvalue weighted by Gasteiger charge is 2.33. The highest BCUT2D eigenvalue weighted by molar-refractivity contribution is 14.1. The summed E-state index contributed by atoms with van der Waals surface area (Å²) in [5.41, 5.74) is 2.10. The van der Waals surface area contributed by atoms with E-state index >= 15 is 0 Å². The van der Waals surface area contributed by atoms with Crippen molar-refractivity contribution in [2.45, 2.75) is 19.9 Å². The molecule has 2 aromatic carbocycles. The van der Waals surface area contributed by atoms with Crippen LogP contribution in [-0.4, -0.2) is 31.4 Å². The molecule has 1 aromatic heterocycles. The minimum atomic E-state index is -0.685. The number of nitrogens with zero attached hydrogens (tertiary/aromatic N) is 2. The number of fused-ring (bicyclic) bond motifs is 1. The Bertz CT molecular complexity index is 1510. The summed E-state index contributed by atoms with van der Waals surface area (Å²) >= 11 is 9.52. The van der Waals surface area contributed by atoms with Crippen molar-refractivity contribution in [3.8, 4) is 11.5 Å². The topological polar surface area (TPSA) is 79.1 Å². The summed E-state index contributed by atoms with van der Waals surface area (Å²) < 4.78 is 19.1. The lowest BCUT2D eigenvalue weighted by molar-refractivity contribution is -0.139. The van der Waals surface area contributed by atoms with E-state index in [4.69, 9.17) is 25.8 Å². The summed E-state index contributed by atoms with van der Waals surface area (Å²) in [5.74, 6) is 0.694. The van der Waals surface area contributed by atoms with Crippen LogP contribution in [0.3, 0.4) is 0 Å². The minimum Gasteiger partial charge on any atom is -0.493 e. The van der Waals surface area contributed by atoms with E-state index in [9.17, 15) is 9.59 Å². The van der Waals surface area contributed by atoms with Crippen molar-refractivity contribution in [3.63, 3.8) is 0 Å². The summed E-state index contributed by atoms with van der Waals surface area (Å²) in [6.45, 7) is 3.71. The molecule has 4 rings (SSSR count). The second kappa shape index (κ2) is 10.5. The zero-order valence-corrected chi connectivity index (χ0v) is 23.2. The molecule has 0 bridgehead atoms. The Labute approximate surface area is 224 Å². The number of hydrogen-bond donors (Lipinski definition) is 0. The van der Waals surface area contributed by atoms with E-state index in [-0.39, 0.29) is 12.2 Å². The van der Waals surface area contributed by atoms with Gasteiger partial charge in [0.25, 0.3) is 5.56 Å². The number of rotatable bonds is 6. The summed E-state index contributed by atoms with van der Waals surface area (Å²) in [6, 6.07) is 10.1. The number of hydrogen-bond acceptors (Lipinski definition) is 7. The van der Waals surface area contributed by atoms with Gasteiger partial charge in [0.05, 0.1) is 46.2 Å². The van der Waals surface area contributed by atoms with E-state index in [2.05, 4.69) is 27.6 Å². The lowest BCUT2D eigenvalue weighted by Crippen LogP contribution is -2.39. The van der Waals surface area contributed by atoms with E-state index in [1.54, 1.807) is 63.0 Å². The summed E-state index contributed by atoms with van der Waals surface area (Å²) in [4.78, 5) is 31.7. The molecule has 0 aliphatic carbocycles. The molecule has 2 heterocycles. The number of aromatic nitrogens is 1. The van der Waals surface area contributed by atoms with Crippen molar-refractivity contribution in [1.82, 2.24) is 4.57 Å². The van der Waals surface area contributed by atoms with Gasteiger partial charge >= 0.3 is 5.97 Å². The predicted molar refractivity (Wildman–Crippen MR) is 144 cm³/mol. The van der Waals surface area contributed by atoms with Crippen LogP contribution in [0.2, 0.25) is 5.02 Å². The third-order valence-corrected chi connectivity index (χ3v) is 7.49. The van der Waals surface area contributed by atoms with E-state index < -0.39 is 12.0 Å². The van der Waals surface area contributed by atoms with Crippen LogP contribution in [0, 0.1) is 3.57 Å². The zero-order chi connectivity index (χ0) is 25.3. The fraction of sp³-hybridized carbons (Fsp3) is 0.240. The molecular weight excluding hydrogens is 603 g/mol. The second-order valence-corrected chi connectivity index (χ2v) is 10.2. The molecule has 0 radical (unpaired) electrons. The van der Waals surface area contributed by atoms with Crippen molar-refractivity contribution in [3.05, 3.63) is 87.1 Å². The Kier molecular flexibility index (Phi) is 7.67. The molecule has 1 aliphatic rings. The zero-order valence-electron chi connectivity index (χ0n) is 19.4. The van der Waals surface area contributed by atoms with Crippen LogP contribution < -0.4 is 24.4 Å². The highest BCUT2D eigenvalue weighted by atomic mass is 127. The number of allylic oxidation sites excluding steroid dienone is 1. The Morgan fingerprint density at radius 3 is 2.57 bits per heavy atom. The second-order valence-electron chi connectivity index (χ2n) is 7.59. The number of ether oxygens (including phenoxy) is 3. The molecule has 3 aromatic rings. The van der Waals surface area contributed by atoms with Crippen molar-refractivity contribution >= 4 is 57.6 Å². The first kappa shape index (κ1) is 25.5. The SMILES string of the molecule is CCOC(=O)C1=C(C)N=c2sc(=Cc3cc(I)c(OC)c(OC)c3)c(=O)n2C1c1ccc(Cl)cc1. The Morgan fingerprint density at radius 1 is 1.23 bits per heavy atom. The van der Waals surface area contributed by atoms with Gasteiger partial charge in [0, 0.05) is 5.02 Å². The average molecular weight is 625 g/mol. The van der Waals surface area contributed by atoms with Gasteiger partial charge in [0.1, 0.15) is 0 Å². The van der Waals surface area contributed by atoms with Gasteiger partial charge in [-0.25, -0.2) is 9.79 Å². The summed E-state index contributed by atoms with van der Waals surface area (Å²) in [7, 11) is 3.15. The maximum Gasteiger partial charge on any atom is 0.338 e. The lowest BCUT2D eigenvalue weighted by atomic mass is 9.96. The summed E-state index contributed by atoms with van der Waals surface area (Å²) in [6.07, 6.45) is 1.79. The molecule has 0 saturated carbocycles. The first-order valence-corrected chi connectivity index (χ1v) is 12.9. The predicted octanol–water partition coefficient (Wildman–Crippen LogP) is 4.07. The molecule has 1 unspecified atom stereocenters. The molecule has 1 atom stereocenters. The van der Waals surface area contributed by atoms with E-state index in [0.717, 1.165) is 14.7 Å². The van der Waals surface area contributed by atoms with Crippen LogP contribution in [0.5, 0.6) is 11.5 Å². The van der Waals surface area contributed by atoms with E-state index in [1.165, 1.54) is 11.3 Å². The first-order chi connectivity index (χ1) is 16.8. The van der Waals surface area contributed by atoms with Crippen molar-refractivity contribution in [2.75, 3.05) is 20.8 Å². The van der Waals surface area contributed by atoms with Gasteiger partial charge in [0.15, 0.2) is 16.3 Å². The molecule has 0 fully saturated rings. The van der Waals surface area contributed by atoms with Crippen molar-refractivity contribution in [2.24, 2.45) is 4.99 Å². The minimum absolute atomic E-state index is 0.214. The first-order valence-electron chi connectivity index (χ1n) is 10.7. The number of thiazole rings is 1. The molecule has 0 amide bonds. The fourth-order valence-electron chi connectivity index (χ4n) is 3.92. The lowest BCUT2D eigenvalue weighted by Gasteiger charge is -2.24. The molecule has 10 heteroatoms. The normalized spacial score (nSPS) is 15.5. The molecule has 0 spiro atoms. The molecule has 0 saturated heterocycles. The van der Waals surface area contributed by atoms with Crippen molar-refractivity contribution < 1.29 is 19.0 Å². The monoisotopic (exact) mass is 624 g/mol. The quantitative estimate of drug-likeness (QED) is 0.305. The Morgan fingerprint density at radius 2 is 1.94 bits per heavy atom. The molecule has 7 nitrogen and oxygen atoms in total. The third kappa shape index (κ3) is 4.89. The average Bonchev–Trinajstić information content (AvgIpc) is 3.12. The van der Waals surface area contributed by atoms with Crippen LogP contribution in [0.1, 0.15) is 31.0 Å². The third-order valence-electron chi connectivity index (χ3n) is 5.46. The van der Waals surface area contributed by atoms with Crippen LogP contribution in [0.15, 0.2) is 57.5 Å². The number of benzene rings is 2. The molecule has 0 N–H and O–H groups in total. The van der Waals surface area contributed by atoms with Crippen LogP contribution in [0.4, 0.5) is 0 Å². The van der Waals surface area contributed by atoms with Gasteiger partial charge in [-0.05, 0) is 77.9 Å². The molecular formula is C25H22ClIN2O5S. The molecule has 1 aliphatic heterocycles. The van der Waals surface area contributed by atoms with Gasteiger partial charge in [0.2, 0.25) is 0 Å². The maximum absolute atomic E-state index is 13.7. The number of halogens is 2. The molecule has 35 heavy (non-hydrogen) atoms. The smallest absolute Gasteiger partial charge is 0.338 e. The van der Waals surface area contributed by atoms with Crippen LogP contribution >= 0.6 is 45.5 Å². The molecule has 182 valence electrons. The van der Waals surface area contributed by atoms with Crippen molar-refractivity contribution in [1.29, 1.82) is 0 Å². The largest absolute Gasteiger partial charge is 0.493 e. The van der Waals surface area contributed by atoms with Gasteiger partial charge in [-0.2, -0.15) is 0 Å². The summed E-state index contributed by atoms with van der Waals surface area (Å²) in [5, 5.41) is 0.558. The Balaban J connectivity index is 1.94. The van der Waals surface area contributed by atoms with Crippen LogP contribution in [-0.2, 0) is 9.53 Å². The van der Waals surface area contributed by atoms with E-state index in [1.807, 2.05) is 12.1 Å². The standard InChI is InChI=1S/C25H22ClIN2O5S/c1-5-34-24(31)20-13(2)28-25-29(21(20)15-6-8-16(26)9-7-15)23(30)19(35-25)12-14-10-17(27)22(33-4)18(11-14)32-3/h6-12,21H,5H2,1-4H3. The van der Waals surface area contributed by atoms with Gasteiger partial charge < -0.3 is 14.2 Å². The number of carbonyl (C=O) groups excluding carboxylic acids is 1. The maximum atomic E-state index is 13.7. The number of esters is 1. The van der Waals surface area contributed by atoms with Gasteiger partial charge in [-0.15, -0.1) is 0 Å².